The van der Waals surface area contributed by atoms with Crippen molar-refractivity contribution in [2.75, 3.05) is 39.3 Å². The monoisotopic (exact) mass is 479 g/mol. The van der Waals surface area contributed by atoms with E-state index < -0.39 is 5.54 Å². The molecule has 4 aliphatic rings. The van der Waals surface area contributed by atoms with Crippen LogP contribution in [0.3, 0.4) is 0 Å². The predicted molar refractivity (Wildman–Crippen MR) is 136 cm³/mol. The molecule has 2 aromatic carbocycles. The van der Waals surface area contributed by atoms with Gasteiger partial charge >= 0.3 is 5.97 Å². The molecule has 6 rings (SSSR count). The molecular formula is C30H40FN2O2+. The van der Waals surface area contributed by atoms with E-state index in [9.17, 15) is 9.18 Å². The van der Waals surface area contributed by atoms with Gasteiger partial charge in [-0.3, -0.25) is 4.90 Å². The van der Waals surface area contributed by atoms with E-state index in [0.717, 1.165) is 87.0 Å². The number of quaternary nitrogens is 1. The topological polar surface area (TPSA) is 29.5 Å². The van der Waals surface area contributed by atoms with Crippen molar-refractivity contribution in [3.8, 4) is 0 Å². The van der Waals surface area contributed by atoms with Gasteiger partial charge in [0.25, 0.3) is 0 Å². The first-order valence-corrected chi connectivity index (χ1v) is 13.6. The molecule has 5 heteroatoms. The van der Waals surface area contributed by atoms with Crippen LogP contribution in [0, 0.1) is 11.7 Å². The number of hydrogen-bond donors (Lipinski definition) is 0. The van der Waals surface area contributed by atoms with Crippen molar-refractivity contribution in [2.45, 2.75) is 63.5 Å². The van der Waals surface area contributed by atoms with Gasteiger partial charge < -0.3 is 9.22 Å². The SMILES string of the molecule is CC(C(=O)O[C@H]1C[N+]2(CCc3cccc(F)c3)CCC1CC2)(c1ccccc1)N1CCCCCC1. The van der Waals surface area contributed by atoms with Gasteiger partial charge in [0.05, 0.1) is 19.6 Å². The molecule has 0 spiro atoms. The number of nitrogens with zero attached hydrogens (tertiary/aromatic N) is 2. The van der Waals surface area contributed by atoms with Gasteiger partial charge in [-0.25, -0.2) is 9.18 Å². The zero-order valence-electron chi connectivity index (χ0n) is 21.1. The second kappa shape index (κ2) is 10.4. The number of fused-ring (bicyclic) bond motifs is 3. The van der Waals surface area contributed by atoms with E-state index in [4.69, 9.17) is 4.74 Å². The normalized spacial score (nSPS) is 28.7. The molecule has 1 unspecified atom stereocenters. The van der Waals surface area contributed by atoms with Crippen molar-refractivity contribution in [3.05, 3.63) is 71.5 Å². The van der Waals surface area contributed by atoms with Gasteiger partial charge in [-0.15, -0.1) is 0 Å². The first-order chi connectivity index (χ1) is 17.0. The number of ether oxygens (including phenoxy) is 1. The van der Waals surface area contributed by atoms with E-state index in [1.165, 1.54) is 18.9 Å². The molecule has 0 saturated carbocycles. The predicted octanol–water partition coefficient (Wildman–Crippen LogP) is 5.31. The summed E-state index contributed by atoms with van der Waals surface area (Å²) in [6, 6.07) is 17.2. The summed E-state index contributed by atoms with van der Waals surface area (Å²) in [5, 5.41) is 0. The highest BCUT2D eigenvalue weighted by atomic mass is 19.1. The van der Waals surface area contributed by atoms with Crippen LogP contribution < -0.4 is 0 Å². The third-order valence-corrected chi connectivity index (χ3v) is 9.04. The van der Waals surface area contributed by atoms with E-state index in [1.807, 2.05) is 24.3 Å². The van der Waals surface area contributed by atoms with E-state index in [2.05, 4.69) is 24.0 Å². The first kappa shape index (κ1) is 24.5. The molecule has 2 atom stereocenters. The summed E-state index contributed by atoms with van der Waals surface area (Å²) in [6.07, 6.45) is 7.74. The van der Waals surface area contributed by atoms with Crippen LogP contribution in [0.4, 0.5) is 4.39 Å². The highest BCUT2D eigenvalue weighted by molar-refractivity contribution is 5.82. The maximum atomic E-state index is 14.0. The van der Waals surface area contributed by atoms with Gasteiger partial charge in [0.2, 0.25) is 0 Å². The van der Waals surface area contributed by atoms with Crippen molar-refractivity contribution in [3.63, 3.8) is 0 Å². The van der Waals surface area contributed by atoms with Crippen LogP contribution in [-0.4, -0.2) is 60.7 Å². The molecule has 4 fully saturated rings. The molecule has 0 amide bonds. The number of carbonyl (C=O) groups is 1. The van der Waals surface area contributed by atoms with Crippen LogP contribution in [0.5, 0.6) is 0 Å². The number of rotatable bonds is 7. The Balaban J connectivity index is 1.32. The fourth-order valence-corrected chi connectivity index (χ4v) is 6.69. The Labute approximate surface area is 209 Å². The third-order valence-electron chi connectivity index (χ3n) is 9.04. The summed E-state index contributed by atoms with van der Waals surface area (Å²) < 4.78 is 21.1. The highest BCUT2D eigenvalue weighted by Crippen LogP contribution is 2.38. The molecule has 4 aliphatic heterocycles. The van der Waals surface area contributed by atoms with Crippen LogP contribution in [0.15, 0.2) is 54.6 Å². The van der Waals surface area contributed by atoms with Gasteiger partial charge in [-0.1, -0.05) is 55.3 Å². The first-order valence-electron chi connectivity index (χ1n) is 13.6. The molecule has 35 heavy (non-hydrogen) atoms. The molecule has 0 radical (unpaired) electrons. The van der Waals surface area contributed by atoms with Crippen LogP contribution in [0.1, 0.15) is 56.6 Å². The Kier molecular flexibility index (Phi) is 7.26. The number of hydrogen-bond acceptors (Lipinski definition) is 3. The average Bonchev–Trinajstić information content (AvgIpc) is 3.18. The Hall–Kier alpha value is -2.24. The third kappa shape index (κ3) is 5.17. The lowest BCUT2D eigenvalue weighted by Crippen LogP contribution is -2.65. The summed E-state index contributed by atoms with van der Waals surface area (Å²) in [5.74, 6) is 0.199. The van der Waals surface area contributed by atoms with Crippen molar-refractivity contribution >= 4 is 5.97 Å². The van der Waals surface area contributed by atoms with Crippen molar-refractivity contribution in [1.82, 2.24) is 4.90 Å². The maximum absolute atomic E-state index is 14.0. The van der Waals surface area contributed by atoms with Crippen LogP contribution in [-0.2, 0) is 21.5 Å². The molecule has 2 bridgehead atoms. The van der Waals surface area contributed by atoms with Gasteiger partial charge in [-0.2, -0.15) is 0 Å². The quantitative estimate of drug-likeness (QED) is 0.398. The molecular weight excluding hydrogens is 439 g/mol. The smallest absolute Gasteiger partial charge is 0.331 e. The maximum Gasteiger partial charge on any atom is 0.331 e. The Morgan fingerprint density at radius 1 is 1.03 bits per heavy atom. The van der Waals surface area contributed by atoms with E-state index in [-0.39, 0.29) is 17.9 Å². The highest BCUT2D eigenvalue weighted by Gasteiger charge is 2.50. The minimum atomic E-state index is -0.760. The largest absolute Gasteiger partial charge is 0.454 e. The molecule has 0 aromatic heterocycles. The Morgan fingerprint density at radius 3 is 2.43 bits per heavy atom. The van der Waals surface area contributed by atoms with Gasteiger partial charge in [0, 0.05) is 25.2 Å². The van der Waals surface area contributed by atoms with E-state index in [1.54, 1.807) is 12.1 Å². The lowest BCUT2D eigenvalue weighted by molar-refractivity contribution is -0.946. The summed E-state index contributed by atoms with van der Waals surface area (Å²) in [5.41, 5.74) is 1.32. The minimum absolute atomic E-state index is 0.0347. The number of esters is 1. The average molecular weight is 480 g/mol. The van der Waals surface area contributed by atoms with E-state index in [0.29, 0.717) is 5.92 Å². The van der Waals surface area contributed by atoms with Crippen LogP contribution in [0.25, 0.3) is 0 Å². The minimum Gasteiger partial charge on any atom is -0.454 e. The molecule has 2 aromatic rings. The zero-order valence-corrected chi connectivity index (χ0v) is 21.1. The second-order valence-electron chi connectivity index (χ2n) is 11.2. The van der Waals surface area contributed by atoms with Gasteiger partial charge in [0.1, 0.15) is 17.9 Å². The molecule has 188 valence electrons. The lowest BCUT2D eigenvalue weighted by atomic mass is 9.82. The van der Waals surface area contributed by atoms with Crippen LogP contribution in [0.2, 0.25) is 0 Å². The second-order valence-corrected chi connectivity index (χ2v) is 11.2. The Bertz CT molecular complexity index is 996. The summed E-state index contributed by atoms with van der Waals surface area (Å²) in [6.45, 7) is 8.07. The fourth-order valence-electron chi connectivity index (χ4n) is 6.69. The van der Waals surface area contributed by atoms with Crippen LogP contribution >= 0.6 is 0 Å². The Morgan fingerprint density at radius 2 is 1.74 bits per heavy atom. The number of benzene rings is 2. The number of carbonyl (C=O) groups excluding carboxylic acids is 1. The zero-order chi connectivity index (χ0) is 24.3. The standard InChI is InChI=1S/C30H40FN2O2/c1-30(26-11-5-4-6-12-26,32-17-7-2-3-8-18-32)29(34)35-28-23-33(20-15-25(28)16-21-33)19-14-24-10-9-13-27(31)22-24/h4-6,9-13,22,25,28H,2-3,7-8,14-21,23H2,1H3/q+1/t25?,28-,30?,33?/m0/s1. The van der Waals surface area contributed by atoms with Crippen molar-refractivity contribution < 1.29 is 18.4 Å². The molecule has 0 N–H and O–H groups in total. The van der Waals surface area contributed by atoms with Gasteiger partial charge in [-0.05, 0) is 56.1 Å². The lowest BCUT2D eigenvalue weighted by Gasteiger charge is -2.52. The van der Waals surface area contributed by atoms with Gasteiger partial charge in [0.15, 0.2) is 6.10 Å². The van der Waals surface area contributed by atoms with Crippen molar-refractivity contribution in [2.24, 2.45) is 5.92 Å². The van der Waals surface area contributed by atoms with E-state index >= 15 is 0 Å². The molecule has 4 nitrogen and oxygen atoms in total. The number of piperidine rings is 3. The summed E-state index contributed by atoms with van der Waals surface area (Å²) in [7, 11) is 0. The van der Waals surface area contributed by atoms with Crippen molar-refractivity contribution in [1.29, 1.82) is 0 Å². The summed E-state index contributed by atoms with van der Waals surface area (Å²) in [4.78, 5) is 16.4. The number of halogens is 1. The molecule has 4 saturated heterocycles. The molecule has 4 heterocycles. The fraction of sp³-hybridized carbons (Fsp3) is 0.567. The number of likely N-dealkylation sites (tertiary alicyclic amines) is 1. The molecule has 0 aliphatic carbocycles. The summed E-state index contributed by atoms with van der Waals surface area (Å²) >= 11 is 0.